The van der Waals surface area contributed by atoms with Crippen molar-refractivity contribution in [2.45, 2.75) is 12.3 Å². The van der Waals surface area contributed by atoms with Gasteiger partial charge in [0, 0.05) is 12.1 Å². The molecule has 0 aliphatic heterocycles. The minimum atomic E-state index is -0.00309. The van der Waals surface area contributed by atoms with Gasteiger partial charge in [-0.05, 0) is 30.0 Å². The first-order chi connectivity index (χ1) is 9.34. The number of hydrogen-bond donors (Lipinski definition) is 2. The fraction of sp³-hybridized carbons (Fsp3) is 0.200. The Morgan fingerprint density at radius 3 is 2.84 bits per heavy atom. The average molecular weight is 253 g/mol. The highest BCUT2D eigenvalue weighted by Crippen LogP contribution is 2.47. The summed E-state index contributed by atoms with van der Waals surface area (Å²) in [4.78, 5) is 14.9. The molecule has 4 nitrogen and oxygen atoms in total. The number of carbonyl (C=O) groups excluding carboxylic acids is 1. The summed E-state index contributed by atoms with van der Waals surface area (Å²) in [7, 11) is 0. The zero-order chi connectivity index (χ0) is 13.1. The first-order valence-corrected chi connectivity index (χ1v) is 6.36. The summed E-state index contributed by atoms with van der Waals surface area (Å²) in [5.74, 6) is 0.404. The lowest BCUT2D eigenvalue weighted by Crippen LogP contribution is -2.20. The van der Waals surface area contributed by atoms with Crippen molar-refractivity contribution >= 4 is 12.1 Å². The third-order valence-corrected chi connectivity index (χ3v) is 3.36. The van der Waals surface area contributed by atoms with Crippen molar-refractivity contribution < 1.29 is 4.79 Å². The molecule has 3 rings (SSSR count). The summed E-state index contributed by atoms with van der Waals surface area (Å²) >= 11 is 0. The van der Waals surface area contributed by atoms with Crippen molar-refractivity contribution in [2.75, 3.05) is 0 Å². The number of benzene rings is 1. The van der Waals surface area contributed by atoms with E-state index < -0.39 is 0 Å². The maximum absolute atomic E-state index is 11.9. The molecule has 1 amide bonds. The Labute approximate surface area is 111 Å². The molecule has 2 N–H and O–H groups in total. The van der Waals surface area contributed by atoms with Crippen molar-refractivity contribution in [1.29, 1.82) is 0 Å². The molecule has 0 spiro atoms. The van der Waals surface area contributed by atoms with Crippen LogP contribution in [0.4, 0.5) is 0 Å². The Balaban J connectivity index is 1.53. The van der Waals surface area contributed by atoms with E-state index in [1.807, 2.05) is 36.5 Å². The molecule has 0 bridgehead atoms. The van der Waals surface area contributed by atoms with Gasteiger partial charge in [-0.25, -0.2) is 5.43 Å². The van der Waals surface area contributed by atoms with E-state index in [2.05, 4.69) is 27.6 Å². The van der Waals surface area contributed by atoms with Gasteiger partial charge >= 0.3 is 0 Å². The predicted molar refractivity (Wildman–Crippen MR) is 73.8 cm³/mol. The maximum Gasteiger partial charge on any atom is 0.243 e. The molecule has 1 aliphatic rings. The van der Waals surface area contributed by atoms with Gasteiger partial charge in [-0.3, -0.25) is 4.79 Å². The second-order valence-electron chi connectivity index (χ2n) is 4.72. The van der Waals surface area contributed by atoms with Crippen LogP contribution in [0.2, 0.25) is 0 Å². The maximum atomic E-state index is 11.9. The molecule has 1 saturated carbocycles. The summed E-state index contributed by atoms with van der Waals surface area (Å²) in [6, 6.07) is 13.9. The van der Waals surface area contributed by atoms with Gasteiger partial charge in [0.15, 0.2) is 0 Å². The van der Waals surface area contributed by atoms with Crippen LogP contribution in [0.15, 0.2) is 53.8 Å². The lowest BCUT2D eigenvalue weighted by atomic mass is 10.1. The molecular weight excluding hydrogens is 238 g/mol. The highest BCUT2D eigenvalue weighted by atomic mass is 16.2. The number of aromatic nitrogens is 1. The standard InChI is InChI=1S/C15H15N3O/c19-15(18-17-10-12-7-4-8-16-12)14-9-13(14)11-5-2-1-3-6-11/h1-8,10,13-14,16H,9H2,(H,18,19)/b17-10-. The summed E-state index contributed by atoms with van der Waals surface area (Å²) in [5, 5.41) is 3.95. The average Bonchev–Trinajstić information content (AvgIpc) is 3.09. The quantitative estimate of drug-likeness (QED) is 0.637. The van der Waals surface area contributed by atoms with Crippen LogP contribution in [0.5, 0.6) is 0 Å². The number of hydrogen-bond acceptors (Lipinski definition) is 2. The van der Waals surface area contributed by atoms with Crippen LogP contribution in [0, 0.1) is 5.92 Å². The second-order valence-corrected chi connectivity index (χ2v) is 4.72. The van der Waals surface area contributed by atoms with E-state index in [1.165, 1.54) is 5.56 Å². The minimum Gasteiger partial charge on any atom is -0.360 e. The van der Waals surface area contributed by atoms with Crippen LogP contribution in [-0.2, 0) is 4.79 Å². The molecule has 2 unspecified atom stereocenters. The molecule has 0 radical (unpaired) electrons. The van der Waals surface area contributed by atoms with Crippen LogP contribution >= 0.6 is 0 Å². The van der Waals surface area contributed by atoms with Crippen molar-refractivity contribution in [2.24, 2.45) is 11.0 Å². The minimum absolute atomic E-state index is 0.00309. The molecule has 1 aliphatic carbocycles. The summed E-state index contributed by atoms with van der Waals surface area (Å²) in [5.41, 5.74) is 4.70. The van der Waals surface area contributed by atoms with Gasteiger partial charge in [-0.15, -0.1) is 0 Å². The van der Waals surface area contributed by atoms with Crippen molar-refractivity contribution in [1.82, 2.24) is 10.4 Å². The third-order valence-electron chi connectivity index (χ3n) is 3.36. The molecule has 1 fully saturated rings. The Morgan fingerprint density at radius 1 is 1.26 bits per heavy atom. The molecule has 4 heteroatoms. The molecular formula is C15H15N3O. The number of nitrogens with one attached hydrogen (secondary N) is 2. The van der Waals surface area contributed by atoms with Gasteiger partial charge in [0.05, 0.1) is 11.9 Å². The monoisotopic (exact) mass is 253 g/mol. The third kappa shape index (κ3) is 2.73. The lowest BCUT2D eigenvalue weighted by molar-refractivity contribution is -0.122. The molecule has 2 atom stereocenters. The smallest absolute Gasteiger partial charge is 0.243 e. The van der Waals surface area contributed by atoms with Crippen molar-refractivity contribution in [3.8, 4) is 0 Å². The van der Waals surface area contributed by atoms with Crippen LogP contribution in [0.25, 0.3) is 0 Å². The zero-order valence-corrected chi connectivity index (χ0v) is 10.4. The number of rotatable bonds is 4. The van der Waals surface area contributed by atoms with Gasteiger partial charge in [-0.1, -0.05) is 30.3 Å². The van der Waals surface area contributed by atoms with Crippen LogP contribution in [0.1, 0.15) is 23.6 Å². The van der Waals surface area contributed by atoms with E-state index in [-0.39, 0.29) is 11.8 Å². The summed E-state index contributed by atoms with van der Waals surface area (Å²) in [6.07, 6.45) is 4.33. The first kappa shape index (κ1) is 11.7. The van der Waals surface area contributed by atoms with E-state index in [9.17, 15) is 4.79 Å². The number of aromatic amines is 1. The molecule has 1 aromatic carbocycles. The number of carbonyl (C=O) groups is 1. The first-order valence-electron chi connectivity index (χ1n) is 6.36. The van der Waals surface area contributed by atoms with E-state index >= 15 is 0 Å². The Hall–Kier alpha value is -2.36. The Morgan fingerprint density at radius 2 is 2.11 bits per heavy atom. The topological polar surface area (TPSA) is 57.2 Å². The SMILES string of the molecule is O=C(N/N=C\c1ccc[nH]1)C1CC1c1ccccc1. The van der Waals surface area contributed by atoms with E-state index in [1.54, 1.807) is 6.21 Å². The molecule has 19 heavy (non-hydrogen) atoms. The van der Waals surface area contributed by atoms with E-state index in [0.29, 0.717) is 5.92 Å². The molecule has 2 aromatic rings. The molecule has 0 saturated heterocycles. The van der Waals surface area contributed by atoms with Crippen LogP contribution < -0.4 is 5.43 Å². The predicted octanol–water partition coefficient (Wildman–Crippen LogP) is 2.27. The second kappa shape index (κ2) is 5.10. The number of H-pyrrole nitrogens is 1. The number of nitrogens with zero attached hydrogens (tertiary/aromatic N) is 1. The van der Waals surface area contributed by atoms with Gasteiger partial charge in [0.2, 0.25) is 5.91 Å². The fourth-order valence-corrected chi connectivity index (χ4v) is 2.23. The van der Waals surface area contributed by atoms with E-state index in [4.69, 9.17) is 0 Å². The van der Waals surface area contributed by atoms with Crippen LogP contribution in [0.3, 0.4) is 0 Å². The van der Waals surface area contributed by atoms with Gasteiger partial charge in [0.25, 0.3) is 0 Å². The highest BCUT2D eigenvalue weighted by molar-refractivity contribution is 5.84. The molecule has 1 aromatic heterocycles. The number of amides is 1. The summed E-state index contributed by atoms with van der Waals surface area (Å²) < 4.78 is 0. The highest BCUT2D eigenvalue weighted by Gasteiger charge is 2.43. The molecule has 1 heterocycles. The lowest BCUT2D eigenvalue weighted by Gasteiger charge is -1.99. The van der Waals surface area contributed by atoms with Gasteiger partial charge in [0.1, 0.15) is 0 Å². The number of hydrazone groups is 1. The van der Waals surface area contributed by atoms with Crippen molar-refractivity contribution in [3.05, 3.63) is 59.9 Å². The van der Waals surface area contributed by atoms with Gasteiger partial charge in [-0.2, -0.15) is 5.10 Å². The van der Waals surface area contributed by atoms with Crippen molar-refractivity contribution in [3.63, 3.8) is 0 Å². The summed E-state index contributed by atoms with van der Waals surface area (Å²) in [6.45, 7) is 0. The fourth-order valence-electron chi connectivity index (χ4n) is 2.23. The van der Waals surface area contributed by atoms with E-state index in [0.717, 1.165) is 12.1 Å². The van der Waals surface area contributed by atoms with Gasteiger partial charge < -0.3 is 4.98 Å². The zero-order valence-electron chi connectivity index (χ0n) is 10.4. The Kier molecular flexibility index (Phi) is 3.14. The Bertz CT molecular complexity index is 575. The normalized spacial score (nSPS) is 21.5. The largest absolute Gasteiger partial charge is 0.360 e. The van der Waals surface area contributed by atoms with Crippen LogP contribution in [-0.4, -0.2) is 17.1 Å². The molecule has 96 valence electrons.